The molecule has 0 atom stereocenters. The number of carbonyl (C=O) groups excluding carboxylic acids is 2. The van der Waals surface area contributed by atoms with E-state index >= 15 is 0 Å². The van der Waals surface area contributed by atoms with Crippen LogP contribution in [0.2, 0.25) is 0 Å². The molecule has 110 valence electrons. The number of unbranched alkanes of at least 4 members (excludes halogenated alkanes) is 2. The van der Waals surface area contributed by atoms with E-state index in [2.05, 4.69) is 6.92 Å². The van der Waals surface area contributed by atoms with Gasteiger partial charge in [0.25, 0.3) is 0 Å². The predicted octanol–water partition coefficient (Wildman–Crippen LogP) is 2.26. The molecular weight excluding hydrogens is 244 g/mol. The van der Waals surface area contributed by atoms with Crippen molar-refractivity contribution in [1.82, 2.24) is 9.80 Å². The molecule has 0 aromatic rings. The van der Waals surface area contributed by atoms with Crippen molar-refractivity contribution in [3.8, 4) is 0 Å². The normalized spacial score (nSPS) is 15.8. The lowest BCUT2D eigenvalue weighted by molar-refractivity contribution is -0.132. The number of rotatable bonds is 5. The second-order valence-electron chi connectivity index (χ2n) is 5.26. The molecule has 2 amide bonds. The third-order valence-corrected chi connectivity index (χ3v) is 3.22. The van der Waals surface area contributed by atoms with Gasteiger partial charge in [-0.3, -0.25) is 4.79 Å². The Kier molecular flexibility index (Phi) is 6.67. The Morgan fingerprint density at radius 1 is 1.05 bits per heavy atom. The number of ether oxygens (including phenoxy) is 1. The molecule has 1 aliphatic heterocycles. The van der Waals surface area contributed by atoms with Gasteiger partial charge in [-0.15, -0.1) is 0 Å². The molecule has 0 aromatic carbocycles. The Labute approximate surface area is 115 Å². The van der Waals surface area contributed by atoms with Gasteiger partial charge >= 0.3 is 6.09 Å². The Hall–Kier alpha value is -1.26. The summed E-state index contributed by atoms with van der Waals surface area (Å²) < 4.78 is 5.15. The summed E-state index contributed by atoms with van der Waals surface area (Å²) in [6.07, 6.45) is 3.46. The quantitative estimate of drug-likeness (QED) is 0.720. The molecule has 1 rings (SSSR count). The van der Waals surface area contributed by atoms with Gasteiger partial charge in [-0.2, -0.15) is 0 Å². The number of hydrogen-bond acceptors (Lipinski definition) is 3. The minimum absolute atomic E-state index is 0.0961. The van der Waals surface area contributed by atoms with Gasteiger partial charge in [0.05, 0.1) is 6.10 Å². The predicted molar refractivity (Wildman–Crippen MR) is 73.9 cm³/mol. The van der Waals surface area contributed by atoms with Crippen LogP contribution in [0.25, 0.3) is 0 Å². The second-order valence-corrected chi connectivity index (χ2v) is 5.26. The van der Waals surface area contributed by atoms with Crippen molar-refractivity contribution in [1.29, 1.82) is 0 Å². The fraction of sp³-hybridized carbons (Fsp3) is 0.857. The van der Waals surface area contributed by atoms with Gasteiger partial charge in [0.15, 0.2) is 0 Å². The lowest BCUT2D eigenvalue weighted by atomic mass is 10.2. The van der Waals surface area contributed by atoms with Gasteiger partial charge in [-0.05, 0) is 20.3 Å². The highest BCUT2D eigenvalue weighted by Crippen LogP contribution is 2.09. The maximum absolute atomic E-state index is 11.9. The molecule has 0 aromatic heterocycles. The number of carbonyl (C=O) groups is 2. The summed E-state index contributed by atoms with van der Waals surface area (Å²) in [5.41, 5.74) is 0. The maximum Gasteiger partial charge on any atom is 0.410 e. The van der Waals surface area contributed by atoms with Gasteiger partial charge in [-0.1, -0.05) is 19.8 Å². The van der Waals surface area contributed by atoms with Gasteiger partial charge in [0.1, 0.15) is 0 Å². The van der Waals surface area contributed by atoms with Gasteiger partial charge in [0, 0.05) is 32.6 Å². The summed E-state index contributed by atoms with van der Waals surface area (Å²) in [7, 11) is 0. The number of amides is 2. The van der Waals surface area contributed by atoms with Crippen LogP contribution in [0.15, 0.2) is 0 Å². The minimum Gasteiger partial charge on any atom is -0.447 e. The Balaban J connectivity index is 2.28. The van der Waals surface area contributed by atoms with Gasteiger partial charge in [-0.25, -0.2) is 4.79 Å². The first-order valence-corrected chi connectivity index (χ1v) is 7.28. The number of hydrogen-bond donors (Lipinski definition) is 0. The highest BCUT2D eigenvalue weighted by atomic mass is 16.6. The molecule has 1 saturated heterocycles. The van der Waals surface area contributed by atoms with E-state index < -0.39 is 0 Å². The molecule has 0 N–H and O–H groups in total. The first-order chi connectivity index (χ1) is 9.04. The topological polar surface area (TPSA) is 49.9 Å². The van der Waals surface area contributed by atoms with Crippen molar-refractivity contribution in [2.24, 2.45) is 0 Å². The average molecular weight is 270 g/mol. The van der Waals surface area contributed by atoms with E-state index in [1.807, 2.05) is 18.7 Å². The molecule has 19 heavy (non-hydrogen) atoms. The fourth-order valence-electron chi connectivity index (χ4n) is 2.10. The Morgan fingerprint density at radius 3 is 2.16 bits per heavy atom. The average Bonchev–Trinajstić information content (AvgIpc) is 2.38. The van der Waals surface area contributed by atoms with E-state index in [0.717, 1.165) is 19.3 Å². The summed E-state index contributed by atoms with van der Waals surface area (Å²) in [5, 5.41) is 0. The lowest BCUT2D eigenvalue weighted by Crippen LogP contribution is -2.51. The van der Waals surface area contributed by atoms with Crippen molar-refractivity contribution in [3.63, 3.8) is 0 Å². The van der Waals surface area contributed by atoms with Crippen molar-refractivity contribution >= 4 is 12.0 Å². The molecule has 0 bridgehead atoms. The van der Waals surface area contributed by atoms with E-state index in [4.69, 9.17) is 4.74 Å². The lowest BCUT2D eigenvalue weighted by Gasteiger charge is -2.34. The molecular formula is C14H26N2O3. The van der Waals surface area contributed by atoms with Crippen LogP contribution in [0, 0.1) is 0 Å². The Bertz CT molecular complexity index is 297. The van der Waals surface area contributed by atoms with Crippen LogP contribution in [0.4, 0.5) is 4.79 Å². The van der Waals surface area contributed by atoms with E-state index in [-0.39, 0.29) is 18.1 Å². The van der Waals surface area contributed by atoms with Crippen LogP contribution in [0.1, 0.15) is 46.5 Å². The third kappa shape index (κ3) is 5.49. The van der Waals surface area contributed by atoms with E-state index in [1.54, 1.807) is 4.90 Å². The van der Waals surface area contributed by atoms with Crippen molar-refractivity contribution in [3.05, 3.63) is 0 Å². The first-order valence-electron chi connectivity index (χ1n) is 7.28. The second kappa shape index (κ2) is 8.02. The zero-order valence-corrected chi connectivity index (χ0v) is 12.4. The minimum atomic E-state index is -0.270. The summed E-state index contributed by atoms with van der Waals surface area (Å²) in [5.74, 6) is 0.213. The number of piperazine rings is 1. The molecule has 0 spiro atoms. The van der Waals surface area contributed by atoms with Gasteiger partial charge < -0.3 is 14.5 Å². The highest BCUT2D eigenvalue weighted by molar-refractivity contribution is 5.76. The summed E-state index contributed by atoms with van der Waals surface area (Å²) in [6.45, 7) is 8.20. The highest BCUT2D eigenvalue weighted by Gasteiger charge is 2.24. The number of nitrogens with zero attached hydrogens (tertiary/aromatic N) is 2. The standard InChI is InChI=1S/C14H26N2O3/c1-4-5-6-7-13(17)15-8-10-16(11-9-15)14(18)19-12(2)3/h12H,4-11H2,1-3H3. The van der Waals surface area contributed by atoms with E-state index in [9.17, 15) is 9.59 Å². The maximum atomic E-state index is 11.9. The molecule has 5 nitrogen and oxygen atoms in total. The molecule has 1 aliphatic rings. The summed E-state index contributed by atoms with van der Waals surface area (Å²) in [6, 6.07) is 0. The Morgan fingerprint density at radius 2 is 1.63 bits per heavy atom. The van der Waals surface area contributed by atoms with Crippen LogP contribution >= 0.6 is 0 Å². The van der Waals surface area contributed by atoms with Crippen molar-refractivity contribution < 1.29 is 14.3 Å². The monoisotopic (exact) mass is 270 g/mol. The molecule has 1 fully saturated rings. The molecule has 0 saturated carbocycles. The molecule has 5 heteroatoms. The fourth-order valence-corrected chi connectivity index (χ4v) is 2.10. The van der Waals surface area contributed by atoms with E-state index in [1.165, 1.54) is 0 Å². The van der Waals surface area contributed by atoms with Crippen LogP contribution in [0.3, 0.4) is 0 Å². The zero-order valence-electron chi connectivity index (χ0n) is 12.4. The van der Waals surface area contributed by atoms with Crippen LogP contribution < -0.4 is 0 Å². The smallest absolute Gasteiger partial charge is 0.410 e. The summed E-state index contributed by atoms with van der Waals surface area (Å²) >= 11 is 0. The molecule has 0 radical (unpaired) electrons. The van der Waals surface area contributed by atoms with Crippen molar-refractivity contribution in [2.45, 2.75) is 52.6 Å². The third-order valence-electron chi connectivity index (χ3n) is 3.22. The van der Waals surface area contributed by atoms with E-state index in [0.29, 0.717) is 32.6 Å². The molecule has 0 unspecified atom stereocenters. The molecule has 0 aliphatic carbocycles. The van der Waals surface area contributed by atoms with Crippen molar-refractivity contribution in [2.75, 3.05) is 26.2 Å². The molecule has 1 heterocycles. The van der Waals surface area contributed by atoms with Crippen LogP contribution in [-0.4, -0.2) is 54.1 Å². The van der Waals surface area contributed by atoms with Crippen LogP contribution in [-0.2, 0) is 9.53 Å². The zero-order chi connectivity index (χ0) is 14.3. The van der Waals surface area contributed by atoms with Crippen LogP contribution in [0.5, 0.6) is 0 Å². The first kappa shape index (κ1) is 15.8. The SMILES string of the molecule is CCCCCC(=O)N1CCN(C(=O)OC(C)C)CC1. The van der Waals surface area contributed by atoms with Gasteiger partial charge in [0.2, 0.25) is 5.91 Å². The summed E-state index contributed by atoms with van der Waals surface area (Å²) in [4.78, 5) is 27.1. The largest absolute Gasteiger partial charge is 0.447 e.